The van der Waals surface area contributed by atoms with Crippen molar-refractivity contribution >= 4 is 0 Å². The zero-order valence-corrected chi connectivity index (χ0v) is 47.0. The van der Waals surface area contributed by atoms with Crippen molar-refractivity contribution in [3.63, 3.8) is 0 Å². The highest BCUT2D eigenvalue weighted by molar-refractivity contribution is 4.94. The van der Waals surface area contributed by atoms with Crippen LogP contribution in [0.4, 0.5) is 0 Å². The van der Waals surface area contributed by atoms with Crippen molar-refractivity contribution in [2.75, 3.05) is 66.9 Å². The van der Waals surface area contributed by atoms with Crippen LogP contribution in [0.5, 0.6) is 0 Å². The molecule has 0 saturated heterocycles. The molecule has 0 N–H and O–H groups in total. The Morgan fingerprint density at radius 3 is 1.00 bits per heavy atom. The summed E-state index contributed by atoms with van der Waals surface area (Å²) < 4.78 is 25.5. The lowest BCUT2D eigenvalue weighted by atomic mass is 10.1. The molecule has 2 unspecified atom stereocenters. The summed E-state index contributed by atoms with van der Waals surface area (Å²) in [6.45, 7) is 13.1. The van der Waals surface area contributed by atoms with Crippen LogP contribution in [0, 0.1) is 5.92 Å². The van der Waals surface area contributed by atoms with E-state index < -0.39 is 0 Å². The number of ether oxygens (including phenoxy) is 4. The van der Waals surface area contributed by atoms with E-state index in [0.717, 1.165) is 77.7 Å². The molecule has 69 heavy (non-hydrogen) atoms. The molecule has 0 aliphatic rings. The lowest BCUT2D eigenvalue weighted by Crippen LogP contribution is -2.27. The molecule has 0 amide bonds. The molecule has 0 aliphatic heterocycles. The maximum Gasteiger partial charge on any atom is 0.0808 e. The quantitative estimate of drug-likeness (QED) is 0.0449. The van der Waals surface area contributed by atoms with Crippen molar-refractivity contribution in [2.45, 2.75) is 264 Å². The molecule has 0 bridgehead atoms. The van der Waals surface area contributed by atoms with Crippen LogP contribution in [0.15, 0.2) is 72.9 Å². The molecule has 0 heterocycles. The second-order valence-corrected chi connectivity index (χ2v) is 20.4. The highest BCUT2D eigenvalue weighted by Gasteiger charge is 2.15. The van der Waals surface area contributed by atoms with Crippen LogP contribution in [0.3, 0.4) is 0 Å². The molecule has 0 saturated carbocycles. The molecule has 0 aromatic heterocycles. The zero-order chi connectivity index (χ0) is 49.9. The van der Waals surface area contributed by atoms with Gasteiger partial charge in [-0.1, -0.05) is 203 Å². The topological polar surface area (TPSA) is 40.2 Å². The van der Waals surface area contributed by atoms with Crippen LogP contribution in [0.1, 0.15) is 258 Å². The van der Waals surface area contributed by atoms with Gasteiger partial charge in [-0.3, -0.25) is 0 Å². The summed E-state index contributed by atoms with van der Waals surface area (Å²) >= 11 is 0. The molecule has 0 fully saturated rings. The van der Waals surface area contributed by atoms with Gasteiger partial charge in [0.2, 0.25) is 0 Å². The molecule has 0 rings (SSSR count). The summed E-state index contributed by atoms with van der Waals surface area (Å²) in [4.78, 5) is 2.27. The van der Waals surface area contributed by atoms with Gasteiger partial charge in [0.1, 0.15) is 0 Å². The van der Waals surface area contributed by atoms with E-state index in [9.17, 15) is 0 Å². The van der Waals surface area contributed by atoms with Gasteiger partial charge < -0.3 is 23.8 Å². The van der Waals surface area contributed by atoms with Gasteiger partial charge in [-0.15, -0.1) is 0 Å². The Labute approximate surface area is 432 Å². The van der Waals surface area contributed by atoms with Crippen molar-refractivity contribution in [3.8, 4) is 0 Å². The minimum Gasteiger partial charge on any atom is -0.381 e. The van der Waals surface area contributed by atoms with E-state index in [1.54, 1.807) is 0 Å². The molecule has 404 valence electrons. The molecule has 5 nitrogen and oxygen atoms in total. The van der Waals surface area contributed by atoms with E-state index >= 15 is 0 Å². The minimum absolute atomic E-state index is 0.149. The number of rotatable bonds is 57. The first kappa shape index (κ1) is 67.2. The number of hydrogen-bond acceptors (Lipinski definition) is 5. The Morgan fingerprint density at radius 2 is 0.638 bits per heavy atom. The molecule has 2 atom stereocenters. The summed E-state index contributed by atoms with van der Waals surface area (Å²) in [6.07, 6.45) is 74.7. The fourth-order valence-corrected chi connectivity index (χ4v) is 8.41. The summed E-state index contributed by atoms with van der Waals surface area (Å²) in [5, 5.41) is 0. The standard InChI is InChI=1S/C64H119NO4/c1-6-9-12-15-18-21-24-27-30-33-36-39-42-45-48-51-57-67-60-63(59-66-56-50-47-44-41-38-35-32-29-26-23-20-17-14-11-8-3)61-68-62-64(54-53-55-65(4)5)69-58-52-49-46-43-40-37-34-31-28-25-22-19-16-13-10-7-2/h18-23,27-32,63-64H,6-17,24-26,33-62H2,1-5H3. The number of hydrogen-bond donors (Lipinski definition) is 0. The highest BCUT2D eigenvalue weighted by atomic mass is 16.5. The third kappa shape index (κ3) is 58.7. The molecule has 0 spiro atoms. The Kier molecular flexibility index (Phi) is 59.0. The molecule has 0 radical (unpaired) electrons. The molecule has 0 aromatic carbocycles. The minimum atomic E-state index is 0.149. The van der Waals surface area contributed by atoms with Crippen LogP contribution < -0.4 is 0 Å². The van der Waals surface area contributed by atoms with Crippen LogP contribution >= 0.6 is 0 Å². The fraction of sp³-hybridized carbons (Fsp3) is 0.812. The third-order valence-electron chi connectivity index (χ3n) is 12.9. The van der Waals surface area contributed by atoms with E-state index in [1.807, 2.05) is 0 Å². The summed E-state index contributed by atoms with van der Waals surface area (Å²) in [7, 11) is 4.32. The monoisotopic (exact) mass is 966 g/mol. The first-order valence-corrected chi connectivity index (χ1v) is 30.0. The average Bonchev–Trinajstić information content (AvgIpc) is 3.34. The van der Waals surface area contributed by atoms with Crippen molar-refractivity contribution in [1.29, 1.82) is 0 Å². The Balaban J connectivity index is 4.59. The predicted molar refractivity (Wildman–Crippen MR) is 307 cm³/mol. The first-order chi connectivity index (χ1) is 34.1. The smallest absolute Gasteiger partial charge is 0.0808 e. The normalized spacial score (nSPS) is 13.5. The van der Waals surface area contributed by atoms with Crippen molar-refractivity contribution < 1.29 is 18.9 Å². The number of allylic oxidation sites excluding steroid dienone is 12. The zero-order valence-electron chi connectivity index (χ0n) is 47.0. The Hall–Kier alpha value is -1.76. The van der Waals surface area contributed by atoms with E-state index in [-0.39, 0.29) is 12.0 Å². The Bertz CT molecular complexity index is 1140. The maximum absolute atomic E-state index is 6.49. The van der Waals surface area contributed by atoms with E-state index in [0.29, 0.717) is 26.4 Å². The Morgan fingerprint density at radius 1 is 0.319 bits per heavy atom. The number of unbranched alkanes of at least 4 members (excludes halogenated alkanes) is 26. The van der Waals surface area contributed by atoms with Gasteiger partial charge >= 0.3 is 0 Å². The lowest BCUT2D eigenvalue weighted by molar-refractivity contribution is -0.0515. The van der Waals surface area contributed by atoms with E-state index in [4.69, 9.17) is 18.9 Å². The molecule has 0 aliphatic carbocycles. The van der Waals surface area contributed by atoms with Gasteiger partial charge in [0.25, 0.3) is 0 Å². The SMILES string of the molecule is CCCCCC=CCC=CCCCCCCCCOCC(COCCCCCCCC=CCC=CCCCCC)COCC(CCCN(C)C)OCCCCCCCCC=CCC=CCCCCC. The van der Waals surface area contributed by atoms with Crippen molar-refractivity contribution in [2.24, 2.45) is 5.92 Å². The van der Waals surface area contributed by atoms with Gasteiger partial charge in [0, 0.05) is 25.7 Å². The summed E-state index contributed by atoms with van der Waals surface area (Å²) in [5.74, 6) is 0.252. The first-order valence-electron chi connectivity index (χ1n) is 30.0. The van der Waals surface area contributed by atoms with Crippen LogP contribution in [-0.2, 0) is 18.9 Å². The van der Waals surface area contributed by atoms with E-state index in [2.05, 4.69) is 113 Å². The van der Waals surface area contributed by atoms with Gasteiger partial charge in [0.05, 0.1) is 32.5 Å². The second kappa shape index (κ2) is 60.5. The fourth-order valence-electron chi connectivity index (χ4n) is 8.41. The van der Waals surface area contributed by atoms with Gasteiger partial charge in [-0.25, -0.2) is 0 Å². The largest absolute Gasteiger partial charge is 0.381 e. The van der Waals surface area contributed by atoms with E-state index in [1.165, 1.54) is 186 Å². The maximum atomic E-state index is 6.49. The second-order valence-electron chi connectivity index (χ2n) is 20.4. The van der Waals surface area contributed by atoms with Gasteiger partial charge in [-0.05, 0) is 149 Å². The summed E-state index contributed by atoms with van der Waals surface area (Å²) in [6, 6.07) is 0. The predicted octanol–water partition coefficient (Wildman–Crippen LogP) is 19.4. The molecule has 0 aromatic rings. The summed E-state index contributed by atoms with van der Waals surface area (Å²) in [5.41, 5.74) is 0. The third-order valence-corrected chi connectivity index (χ3v) is 12.9. The molecular weight excluding hydrogens is 847 g/mol. The lowest BCUT2D eigenvalue weighted by Gasteiger charge is -2.22. The highest BCUT2D eigenvalue weighted by Crippen LogP contribution is 2.14. The van der Waals surface area contributed by atoms with Gasteiger partial charge in [0.15, 0.2) is 0 Å². The van der Waals surface area contributed by atoms with Crippen LogP contribution in [0.2, 0.25) is 0 Å². The van der Waals surface area contributed by atoms with Crippen molar-refractivity contribution in [3.05, 3.63) is 72.9 Å². The van der Waals surface area contributed by atoms with Crippen LogP contribution in [-0.4, -0.2) is 77.9 Å². The van der Waals surface area contributed by atoms with Crippen molar-refractivity contribution in [1.82, 2.24) is 4.90 Å². The molecular formula is C64H119NO4. The molecule has 5 heteroatoms. The van der Waals surface area contributed by atoms with Gasteiger partial charge in [-0.2, -0.15) is 0 Å². The average molecular weight is 967 g/mol. The van der Waals surface area contributed by atoms with Crippen LogP contribution in [0.25, 0.3) is 0 Å². The number of nitrogens with zero attached hydrogens (tertiary/aromatic N) is 1.